The molecule has 0 spiro atoms. The van der Waals surface area contributed by atoms with Crippen molar-refractivity contribution in [1.82, 2.24) is 10.2 Å². The molecule has 144 valence electrons. The van der Waals surface area contributed by atoms with Crippen molar-refractivity contribution in [3.8, 4) is 5.75 Å². The molecule has 0 saturated heterocycles. The van der Waals surface area contributed by atoms with Gasteiger partial charge in [-0.3, -0.25) is 0 Å². The second kappa shape index (κ2) is 11.2. The van der Waals surface area contributed by atoms with Crippen LogP contribution in [0.15, 0.2) is 36.9 Å². The Morgan fingerprint density at radius 1 is 1.19 bits per heavy atom. The maximum absolute atomic E-state index is 5.85. The van der Waals surface area contributed by atoms with Crippen LogP contribution >= 0.6 is 12.2 Å². The van der Waals surface area contributed by atoms with Gasteiger partial charge < -0.3 is 19.9 Å². The number of hydrogen-bond donors (Lipinski definition) is 1. The van der Waals surface area contributed by atoms with Gasteiger partial charge in [0, 0.05) is 25.3 Å². The summed E-state index contributed by atoms with van der Waals surface area (Å²) < 4.78 is 5.85. The predicted octanol–water partition coefficient (Wildman–Crippen LogP) is 4.22. The van der Waals surface area contributed by atoms with Crippen LogP contribution in [0.1, 0.15) is 38.5 Å². The van der Waals surface area contributed by atoms with Gasteiger partial charge in [0.2, 0.25) is 0 Å². The molecule has 0 aromatic heterocycles. The number of unbranched alkanes of at least 4 members (excludes halogenated alkanes) is 3. The first-order valence-electron chi connectivity index (χ1n) is 9.66. The Morgan fingerprint density at radius 3 is 2.54 bits per heavy atom. The standard InChI is InChI=1S/C21H33N3OS/c1-4-15-23(2)16-7-5-6-8-17-25-20-13-11-19(12-14-20)24(3)21(26)22-18-9-10-18/h4,11-14,18H,1,5-10,15-17H2,2-3H3,(H,22,26). The number of benzene rings is 1. The molecule has 1 aromatic carbocycles. The zero-order valence-corrected chi connectivity index (χ0v) is 17.1. The van der Waals surface area contributed by atoms with Gasteiger partial charge in [0.1, 0.15) is 5.75 Å². The van der Waals surface area contributed by atoms with Gasteiger partial charge in [0.05, 0.1) is 6.61 Å². The average molecular weight is 376 g/mol. The van der Waals surface area contributed by atoms with E-state index >= 15 is 0 Å². The topological polar surface area (TPSA) is 27.7 Å². The third-order valence-corrected chi connectivity index (χ3v) is 4.97. The van der Waals surface area contributed by atoms with Gasteiger partial charge in [-0.05, 0) is 75.8 Å². The van der Waals surface area contributed by atoms with Crippen molar-refractivity contribution in [3.63, 3.8) is 0 Å². The minimum Gasteiger partial charge on any atom is -0.494 e. The fourth-order valence-corrected chi connectivity index (χ4v) is 2.99. The van der Waals surface area contributed by atoms with Crippen LogP contribution in [0.2, 0.25) is 0 Å². The van der Waals surface area contributed by atoms with E-state index in [0.717, 1.165) is 42.7 Å². The van der Waals surface area contributed by atoms with Crippen molar-refractivity contribution >= 4 is 23.0 Å². The highest BCUT2D eigenvalue weighted by molar-refractivity contribution is 7.80. The first-order chi connectivity index (χ1) is 12.6. The van der Waals surface area contributed by atoms with Crippen LogP contribution in [0.4, 0.5) is 5.69 Å². The Bertz CT molecular complexity index is 557. The predicted molar refractivity (Wildman–Crippen MR) is 115 cm³/mol. The molecule has 1 aromatic rings. The highest BCUT2D eigenvalue weighted by atomic mass is 32.1. The molecule has 26 heavy (non-hydrogen) atoms. The molecule has 1 saturated carbocycles. The quantitative estimate of drug-likeness (QED) is 0.335. The van der Waals surface area contributed by atoms with Crippen LogP contribution in [0, 0.1) is 0 Å². The highest BCUT2D eigenvalue weighted by Crippen LogP contribution is 2.22. The first-order valence-corrected chi connectivity index (χ1v) is 10.1. The molecule has 1 fully saturated rings. The van der Waals surface area contributed by atoms with Crippen molar-refractivity contribution in [2.75, 3.05) is 38.7 Å². The van der Waals surface area contributed by atoms with E-state index in [9.17, 15) is 0 Å². The fourth-order valence-electron chi connectivity index (χ4n) is 2.72. The second-order valence-electron chi connectivity index (χ2n) is 7.09. The zero-order valence-electron chi connectivity index (χ0n) is 16.2. The highest BCUT2D eigenvalue weighted by Gasteiger charge is 2.23. The minimum absolute atomic E-state index is 0.579. The molecule has 0 radical (unpaired) electrons. The van der Waals surface area contributed by atoms with Crippen molar-refractivity contribution in [2.24, 2.45) is 0 Å². The molecule has 0 atom stereocenters. The summed E-state index contributed by atoms with van der Waals surface area (Å²) in [6.45, 7) is 6.65. The number of ether oxygens (including phenoxy) is 1. The summed E-state index contributed by atoms with van der Waals surface area (Å²) >= 11 is 5.43. The lowest BCUT2D eigenvalue weighted by atomic mass is 10.2. The number of anilines is 1. The van der Waals surface area contributed by atoms with Gasteiger partial charge in [0.15, 0.2) is 5.11 Å². The summed E-state index contributed by atoms with van der Waals surface area (Å²) in [4.78, 5) is 4.31. The maximum atomic E-state index is 5.85. The van der Waals surface area contributed by atoms with E-state index in [1.165, 1.54) is 32.1 Å². The van der Waals surface area contributed by atoms with Crippen LogP contribution in [-0.4, -0.2) is 49.8 Å². The van der Waals surface area contributed by atoms with Crippen LogP contribution in [-0.2, 0) is 0 Å². The molecule has 1 aliphatic carbocycles. The van der Waals surface area contributed by atoms with Gasteiger partial charge >= 0.3 is 0 Å². The molecule has 0 heterocycles. The molecule has 0 unspecified atom stereocenters. The van der Waals surface area contributed by atoms with Crippen LogP contribution in [0.25, 0.3) is 0 Å². The molecular weight excluding hydrogens is 342 g/mol. The van der Waals surface area contributed by atoms with Crippen molar-refractivity contribution in [2.45, 2.75) is 44.6 Å². The number of likely N-dealkylation sites (N-methyl/N-ethyl adjacent to an activating group) is 1. The van der Waals surface area contributed by atoms with E-state index in [1.54, 1.807) is 0 Å². The molecular formula is C21H33N3OS. The summed E-state index contributed by atoms with van der Waals surface area (Å²) in [6.07, 6.45) is 9.21. The smallest absolute Gasteiger partial charge is 0.173 e. The summed E-state index contributed by atoms with van der Waals surface area (Å²) in [5, 5.41) is 4.15. The number of hydrogen-bond acceptors (Lipinski definition) is 3. The molecule has 0 bridgehead atoms. The van der Waals surface area contributed by atoms with Crippen molar-refractivity contribution < 1.29 is 4.74 Å². The summed E-state index contributed by atoms with van der Waals surface area (Å²) in [7, 11) is 4.14. The Balaban J connectivity index is 1.58. The number of thiocarbonyl (C=S) groups is 1. The Hall–Kier alpha value is -1.59. The molecule has 1 N–H and O–H groups in total. The van der Waals surface area contributed by atoms with Gasteiger partial charge in [-0.25, -0.2) is 0 Å². The van der Waals surface area contributed by atoms with E-state index < -0.39 is 0 Å². The summed E-state index contributed by atoms with van der Waals surface area (Å²) in [5.74, 6) is 0.925. The molecule has 2 rings (SSSR count). The lowest BCUT2D eigenvalue weighted by molar-refractivity contribution is 0.300. The van der Waals surface area contributed by atoms with E-state index in [1.807, 2.05) is 30.2 Å². The molecule has 1 aliphatic rings. The van der Waals surface area contributed by atoms with E-state index in [0.29, 0.717) is 6.04 Å². The molecule has 0 aliphatic heterocycles. The normalized spacial score (nSPS) is 13.5. The van der Waals surface area contributed by atoms with Crippen molar-refractivity contribution in [1.29, 1.82) is 0 Å². The first kappa shape index (κ1) is 20.7. The fraction of sp³-hybridized carbons (Fsp3) is 0.571. The Kier molecular flexibility index (Phi) is 8.92. The summed E-state index contributed by atoms with van der Waals surface area (Å²) in [6, 6.07) is 8.75. The molecule has 0 amide bonds. The van der Waals surface area contributed by atoms with E-state index in [-0.39, 0.29) is 0 Å². The Morgan fingerprint density at radius 2 is 1.88 bits per heavy atom. The molecule has 4 nitrogen and oxygen atoms in total. The Labute approximate surface area is 164 Å². The largest absolute Gasteiger partial charge is 0.494 e. The number of nitrogens with one attached hydrogen (secondary N) is 1. The average Bonchev–Trinajstić information content (AvgIpc) is 3.45. The van der Waals surface area contributed by atoms with Crippen LogP contribution in [0.5, 0.6) is 5.75 Å². The van der Waals surface area contributed by atoms with Gasteiger partial charge in [-0.2, -0.15) is 0 Å². The van der Waals surface area contributed by atoms with Crippen LogP contribution < -0.4 is 15.0 Å². The number of rotatable bonds is 12. The monoisotopic (exact) mass is 375 g/mol. The van der Waals surface area contributed by atoms with Gasteiger partial charge in [0.25, 0.3) is 0 Å². The van der Waals surface area contributed by atoms with E-state index in [4.69, 9.17) is 17.0 Å². The zero-order chi connectivity index (χ0) is 18.8. The van der Waals surface area contributed by atoms with Crippen molar-refractivity contribution in [3.05, 3.63) is 36.9 Å². The SMILES string of the molecule is C=CCN(C)CCCCCCOc1ccc(N(C)C(=S)NC2CC2)cc1. The lowest BCUT2D eigenvalue weighted by Crippen LogP contribution is -2.38. The van der Waals surface area contributed by atoms with Gasteiger partial charge in [-0.1, -0.05) is 18.9 Å². The van der Waals surface area contributed by atoms with Crippen LogP contribution in [0.3, 0.4) is 0 Å². The molecule has 5 heteroatoms. The van der Waals surface area contributed by atoms with Gasteiger partial charge in [-0.15, -0.1) is 6.58 Å². The maximum Gasteiger partial charge on any atom is 0.173 e. The minimum atomic E-state index is 0.579. The lowest BCUT2D eigenvalue weighted by Gasteiger charge is -2.21. The number of nitrogens with zero attached hydrogens (tertiary/aromatic N) is 2. The second-order valence-corrected chi connectivity index (χ2v) is 7.48. The van der Waals surface area contributed by atoms with E-state index in [2.05, 4.69) is 36.0 Å². The third-order valence-electron chi connectivity index (χ3n) is 4.58. The summed E-state index contributed by atoms with van der Waals surface area (Å²) in [5.41, 5.74) is 1.08. The third kappa shape index (κ3) is 7.75.